The number of primary amides is 1. The molecular weight excluding hydrogens is 485 g/mol. The minimum absolute atomic E-state index is 0.0484. The number of alkyl halides is 3. The molecule has 0 aliphatic carbocycles. The van der Waals surface area contributed by atoms with E-state index in [0.717, 1.165) is 18.3 Å². The van der Waals surface area contributed by atoms with Crippen molar-refractivity contribution in [2.45, 2.75) is 19.7 Å². The minimum atomic E-state index is -4.44. The van der Waals surface area contributed by atoms with Crippen molar-refractivity contribution in [1.29, 1.82) is 0 Å². The Bertz CT molecular complexity index is 1120. The fourth-order valence-electron chi connectivity index (χ4n) is 2.54. The maximum absolute atomic E-state index is 12.9. The van der Waals surface area contributed by atoms with Crippen LogP contribution in [0, 0.1) is 0 Å². The molecule has 10 nitrogen and oxygen atoms in total. The molecule has 1 amide bonds. The summed E-state index contributed by atoms with van der Waals surface area (Å²) in [6, 6.07) is 11.5. The molecule has 0 radical (unpaired) electrons. The first-order chi connectivity index (χ1) is 17.0. The summed E-state index contributed by atoms with van der Waals surface area (Å²) in [5, 5.41) is 10.7. The van der Waals surface area contributed by atoms with Crippen LogP contribution in [0.15, 0.2) is 64.0 Å². The van der Waals surface area contributed by atoms with Gasteiger partial charge in [-0.2, -0.15) is 13.2 Å². The molecular formula is C23H25F3N4O6. The topological polar surface area (TPSA) is 134 Å². The van der Waals surface area contributed by atoms with Gasteiger partial charge in [-0.25, -0.2) is 4.79 Å². The van der Waals surface area contributed by atoms with Gasteiger partial charge >= 0.3 is 12.1 Å². The molecule has 2 rings (SSSR count). The molecule has 13 heteroatoms. The quantitative estimate of drug-likeness (QED) is 0.313. The van der Waals surface area contributed by atoms with Gasteiger partial charge in [-0.1, -0.05) is 51.9 Å². The highest BCUT2D eigenvalue weighted by Crippen LogP contribution is 2.29. The third-order valence-corrected chi connectivity index (χ3v) is 4.15. The number of hydrogen-bond donors (Lipinski definition) is 1. The van der Waals surface area contributed by atoms with Crippen LogP contribution < -0.4 is 5.73 Å². The average molecular weight is 510 g/mol. The van der Waals surface area contributed by atoms with Gasteiger partial charge in [0.2, 0.25) is 0 Å². The fraction of sp³-hybridized carbons (Fsp3) is 0.261. The van der Waals surface area contributed by atoms with Crippen LogP contribution in [-0.4, -0.2) is 50.8 Å². The van der Waals surface area contributed by atoms with Crippen molar-refractivity contribution in [2.24, 2.45) is 21.2 Å². The summed E-state index contributed by atoms with van der Waals surface area (Å²) in [5.74, 6) is -1.30. The Morgan fingerprint density at radius 3 is 2.25 bits per heavy atom. The summed E-state index contributed by atoms with van der Waals surface area (Å²) < 4.78 is 43.3. The van der Waals surface area contributed by atoms with E-state index in [2.05, 4.69) is 26.0 Å². The summed E-state index contributed by atoms with van der Waals surface area (Å²) in [6.07, 6.45) is -3.55. The lowest BCUT2D eigenvalue weighted by Crippen LogP contribution is -2.19. The first-order valence-electron chi connectivity index (χ1n) is 10.0. The number of oxime groups is 3. The second kappa shape index (κ2) is 14.8. The van der Waals surface area contributed by atoms with Gasteiger partial charge < -0.3 is 25.0 Å². The Hall–Kier alpha value is -4.42. The van der Waals surface area contributed by atoms with Crippen LogP contribution in [0.4, 0.5) is 13.2 Å². The number of esters is 1. The second-order valence-electron chi connectivity index (χ2n) is 6.62. The van der Waals surface area contributed by atoms with Gasteiger partial charge in [0, 0.05) is 11.1 Å². The predicted molar refractivity (Wildman–Crippen MR) is 125 cm³/mol. The number of amides is 1. The zero-order valence-corrected chi connectivity index (χ0v) is 19.9. The lowest BCUT2D eigenvalue weighted by Gasteiger charge is -2.10. The maximum atomic E-state index is 12.9. The highest BCUT2D eigenvalue weighted by atomic mass is 19.4. The van der Waals surface area contributed by atoms with Crippen molar-refractivity contribution in [3.63, 3.8) is 0 Å². The molecule has 0 fully saturated rings. The van der Waals surface area contributed by atoms with Crippen LogP contribution >= 0.6 is 0 Å². The number of halogens is 3. The van der Waals surface area contributed by atoms with Crippen LogP contribution in [0.1, 0.15) is 29.2 Å². The van der Waals surface area contributed by atoms with E-state index in [0.29, 0.717) is 11.1 Å². The Morgan fingerprint density at radius 2 is 1.69 bits per heavy atom. The van der Waals surface area contributed by atoms with Gasteiger partial charge in [-0.05, 0) is 24.6 Å². The smallest absolute Gasteiger partial charge is 0.416 e. The molecule has 0 bridgehead atoms. The first kappa shape index (κ1) is 29.6. The highest BCUT2D eigenvalue weighted by molar-refractivity contribution is 6.43. The summed E-state index contributed by atoms with van der Waals surface area (Å²) in [5.41, 5.74) is 5.33. The van der Waals surface area contributed by atoms with Crippen molar-refractivity contribution in [3.8, 4) is 0 Å². The van der Waals surface area contributed by atoms with E-state index in [1.54, 1.807) is 24.3 Å². The van der Waals surface area contributed by atoms with E-state index in [1.165, 1.54) is 40.4 Å². The lowest BCUT2D eigenvalue weighted by atomic mass is 10.0. The second-order valence-corrected chi connectivity index (χ2v) is 6.62. The van der Waals surface area contributed by atoms with Crippen molar-refractivity contribution in [3.05, 3.63) is 70.8 Å². The fourth-order valence-corrected chi connectivity index (χ4v) is 2.54. The number of nitrogens with zero attached hydrogens (tertiary/aromatic N) is 3. The van der Waals surface area contributed by atoms with Gasteiger partial charge in [0.1, 0.15) is 27.0 Å². The van der Waals surface area contributed by atoms with Crippen LogP contribution in [0.3, 0.4) is 0 Å². The molecule has 2 N–H and O–H groups in total. The van der Waals surface area contributed by atoms with Crippen molar-refractivity contribution in [1.82, 2.24) is 0 Å². The van der Waals surface area contributed by atoms with Crippen molar-refractivity contribution in [2.75, 3.05) is 21.3 Å². The normalized spacial score (nSPS) is 11.9. The predicted octanol–water partition coefficient (Wildman–Crippen LogP) is 3.27. The minimum Gasteiger partial charge on any atom is -0.464 e. The van der Waals surface area contributed by atoms with E-state index in [-0.39, 0.29) is 23.6 Å². The Kier molecular flexibility index (Phi) is 12.1. The molecule has 0 aliphatic rings. The Labute approximate surface area is 205 Å². The van der Waals surface area contributed by atoms with E-state index in [4.69, 9.17) is 14.4 Å². The first-order valence-corrected chi connectivity index (χ1v) is 10.0. The number of methoxy groups -OCH3 is 1. The number of rotatable bonds is 9. The van der Waals surface area contributed by atoms with Gasteiger partial charge in [0.25, 0.3) is 5.91 Å². The molecule has 0 saturated heterocycles. The zero-order valence-electron chi connectivity index (χ0n) is 19.9. The lowest BCUT2D eigenvalue weighted by molar-refractivity contribution is -0.137. The van der Waals surface area contributed by atoms with E-state index in [1.807, 2.05) is 0 Å². The maximum Gasteiger partial charge on any atom is 0.416 e. The molecule has 0 heterocycles. The number of benzene rings is 2. The van der Waals surface area contributed by atoms with Crippen molar-refractivity contribution >= 4 is 29.5 Å². The monoisotopic (exact) mass is 510 g/mol. The molecule has 0 aromatic heterocycles. The summed E-state index contributed by atoms with van der Waals surface area (Å²) in [6.45, 7) is 1.49. The van der Waals surface area contributed by atoms with Crippen molar-refractivity contribution < 1.29 is 42.0 Å². The van der Waals surface area contributed by atoms with E-state index >= 15 is 0 Å². The van der Waals surface area contributed by atoms with Crippen LogP contribution in [0.25, 0.3) is 0 Å². The van der Waals surface area contributed by atoms with Crippen LogP contribution in [0.5, 0.6) is 0 Å². The summed E-state index contributed by atoms with van der Waals surface area (Å²) >= 11 is 0. The van der Waals surface area contributed by atoms with Crippen LogP contribution in [0.2, 0.25) is 0 Å². The number of carbonyl (C=O) groups excluding carboxylic acids is 2. The summed E-state index contributed by atoms with van der Waals surface area (Å²) in [7, 11) is 3.85. The Morgan fingerprint density at radius 1 is 1.00 bits per heavy atom. The molecule has 0 atom stereocenters. The number of ether oxygens (including phenoxy) is 1. The number of carbonyl (C=O) groups is 2. The molecule has 194 valence electrons. The number of nitrogens with two attached hydrogens (primary N) is 1. The third-order valence-electron chi connectivity index (χ3n) is 4.15. The van der Waals surface area contributed by atoms with Gasteiger partial charge in [0.15, 0.2) is 5.71 Å². The SMILES string of the molecule is CO/N=C(/C(=O)OC)c1ccccc1CO/N=C(\C)c1cccc(C(F)(F)F)c1.CON=CC(N)=O. The molecule has 2 aromatic carbocycles. The molecule has 0 unspecified atom stereocenters. The number of hydrogen-bond acceptors (Lipinski definition) is 9. The third kappa shape index (κ3) is 9.83. The van der Waals surface area contributed by atoms with Gasteiger partial charge in [-0.3, -0.25) is 4.79 Å². The standard InChI is InChI=1S/C20H19F3N2O4.C3H6N2O2/c1-13(14-8-6-9-16(11-14)20(21,22)23)24-29-12-15-7-4-5-10-17(15)18(25-28-3)19(26)27-2;1-7-5-2-3(4)6/h4-11H,12H2,1-3H3;2H,1H3,(H2,4,6)/b24-13+,25-18+;. The largest absolute Gasteiger partial charge is 0.464 e. The Balaban J connectivity index is 0.000000809. The highest BCUT2D eigenvalue weighted by Gasteiger charge is 2.30. The zero-order chi connectivity index (χ0) is 27.1. The van der Waals surface area contributed by atoms with Crippen LogP contribution in [-0.2, 0) is 41.6 Å². The molecule has 36 heavy (non-hydrogen) atoms. The molecule has 0 aliphatic heterocycles. The van der Waals surface area contributed by atoms with Gasteiger partial charge in [0.05, 0.1) is 18.4 Å². The molecule has 0 spiro atoms. The molecule has 2 aromatic rings. The van der Waals surface area contributed by atoms with Gasteiger partial charge in [-0.15, -0.1) is 0 Å². The van der Waals surface area contributed by atoms with E-state index < -0.39 is 23.6 Å². The van der Waals surface area contributed by atoms with E-state index in [9.17, 15) is 22.8 Å². The molecule has 0 saturated carbocycles. The summed E-state index contributed by atoms with van der Waals surface area (Å²) in [4.78, 5) is 35.8. The average Bonchev–Trinajstić information content (AvgIpc) is 2.86.